The van der Waals surface area contributed by atoms with Gasteiger partial charge in [-0.2, -0.15) is 0 Å². The van der Waals surface area contributed by atoms with E-state index in [0.29, 0.717) is 5.92 Å². The second-order valence-electron chi connectivity index (χ2n) is 4.53. The second kappa shape index (κ2) is 4.26. The first-order chi connectivity index (χ1) is 6.81. The second-order valence-corrected chi connectivity index (χ2v) is 4.53. The first-order valence-corrected chi connectivity index (χ1v) is 5.65. The number of rotatable bonds is 4. The van der Waals surface area contributed by atoms with E-state index in [1.54, 1.807) is 0 Å². The van der Waals surface area contributed by atoms with Crippen LogP contribution in [0.25, 0.3) is 0 Å². The minimum absolute atomic E-state index is 0.692. The highest BCUT2D eigenvalue weighted by atomic mass is 15.0. The zero-order valence-corrected chi connectivity index (χ0v) is 9.05. The molecule has 2 fully saturated rings. The molecule has 1 aliphatic carbocycles. The Morgan fingerprint density at radius 2 is 2.07 bits per heavy atom. The maximum atomic E-state index is 4.41. The van der Waals surface area contributed by atoms with Gasteiger partial charge in [-0.25, -0.2) is 0 Å². The highest BCUT2D eigenvalue weighted by Crippen LogP contribution is 2.34. The molecule has 78 valence electrons. The summed E-state index contributed by atoms with van der Waals surface area (Å²) in [5.41, 5.74) is 2.78. The molecule has 1 aliphatic heterocycles. The van der Waals surface area contributed by atoms with Crippen molar-refractivity contribution in [1.29, 1.82) is 0 Å². The fraction of sp³-hybridized carbons (Fsp3) is 0.750. The summed E-state index contributed by atoms with van der Waals surface area (Å²) in [6, 6.07) is 0. The molecule has 2 rings (SSSR count). The molecule has 1 saturated heterocycles. The maximum absolute atomic E-state index is 4.41. The molecular formula is C12H20N2. The smallest absolute Gasteiger partial charge is 0.0276 e. The van der Waals surface area contributed by atoms with Gasteiger partial charge in [0.05, 0.1) is 0 Å². The van der Waals surface area contributed by atoms with Crippen molar-refractivity contribution in [3.63, 3.8) is 0 Å². The van der Waals surface area contributed by atoms with Crippen LogP contribution in [0.1, 0.15) is 25.7 Å². The van der Waals surface area contributed by atoms with Gasteiger partial charge in [-0.15, -0.1) is 0 Å². The molecule has 0 aromatic rings. The zero-order valence-electron chi connectivity index (χ0n) is 9.05. The number of aliphatic imine (C=N–C) groups is 1. The quantitative estimate of drug-likeness (QED) is 0.535. The van der Waals surface area contributed by atoms with Gasteiger partial charge in [0.15, 0.2) is 0 Å². The van der Waals surface area contributed by atoms with Crippen LogP contribution in [-0.2, 0) is 0 Å². The van der Waals surface area contributed by atoms with Gasteiger partial charge in [-0.3, -0.25) is 4.99 Å². The molecule has 0 radical (unpaired) electrons. The zero-order chi connectivity index (χ0) is 9.97. The molecule has 0 aromatic carbocycles. The summed E-state index contributed by atoms with van der Waals surface area (Å²) in [6.07, 6.45) is 5.16. The summed E-state index contributed by atoms with van der Waals surface area (Å²) in [4.78, 5) is 4.41. The van der Waals surface area contributed by atoms with Crippen LogP contribution < -0.4 is 5.32 Å². The predicted molar refractivity (Wildman–Crippen MR) is 60.8 cm³/mol. The molecule has 0 spiro atoms. The molecule has 1 saturated carbocycles. The monoisotopic (exact) mass is 192 g/mol. The molecule has 0 amide bonds. The number of hydrogen-bond acceptors (Lipinski definition) is 2. The van der Waals surface area contributed by atoms with Gasteiger partial charge in [0, 0.05) is 38.2 Å². The largest absolute Gasteiger partial charge is 0.315 e. The van der Waals surface area contributed by atoms with E-state index in [1.807, 2.05) is 7.05 Å². The molecule has 0 unspecified atom stereocenters. The minimum atomic E-state index is 0.692. The Labute approximate surface area is 86.5 Å². The summed E-state index contributed by atoms with van der Waals surface area (Å²) in [5.74, 6) is 1.50. The summed E-state index contributed by atoms with van der Waals surface area (Å²) in [6.45, 7) is 6.44. The average Bonchev–Trinajstić information content (AvgIpc) is 1.96. The highest BCUT2D eigenvalue weighted by Gasteiger charge is 2.26. The Hall–Kier alpha value is -0.630. The lowest BCUT2D eigenvalue weighted by Crippen LogP contribution is -2.46. The van der Waals surface area contributed by atoms with E-state index in [4.69, 9.17) is 0 Å². The molecule has 0 atom stereocenters. The normalized spacial score (nSPS) is 24.2. The van der Waals surface area contributed by atoms with Crippen molar-refractivity contribution in [2.45, 2.75) is 25.7 Å². The highest BCUT2D eigenvalue weighted by molar-refractivity contribution is 5.89. The van der Waals surface area contributed by atoms with Crippen LogP contribution in [0, 0.1) is 11.8 Å². The van der Waals surface area contributed by atoms with E-state index < -0.39 is 0 Å². The van der Waals surface area contributed by atoms with Crippen molar-refractivity contribution >= 4 is 5.71 Å². The predicted octanol–water partition coefficient (Wildman–Crippen LogP) is 2.02. The van der Waals surface area contributed by atoms with E-state index >= 15 is 0 Å². The molecule has 0 bridgehead atoms. The number of hydrogen-bond donors (Lipinski definition) is 1. The third kappa shape index (κ3) is 1.90. The fourth-order valence-corrected chi connectivity index (χ4v) is 2.12. The van der Waals surface area contributed by atoms with Gasteiger partial charge in [0.2, 0.25) is 0 Å². The lowest BCUT2D eigenvalue weighted by Gasteiger charge is -2.32. The van der Waals surface area contributed by atoms with Crippen molar-refractivity contribution in [3.8, 4) is 0 Å². The first-order valence-electron chi connectivity index (χ1n) is 5.65. The van der Waals surface area contributed by atoms with Crippen LogP contribution in [-0.4, -0.2) is 25.8 Å². The van der Waals surface area contributed by atoms with Gasteiger partial charge < -0.3 is 5.32 Å². The van der Waals surface area contributed by atoms with Gasteiger partial charge in [0.1, 0.15) is 0 Å². The van der Waals surface area contributed by atoms with Crippen LogP contribution in [0.3, 0.4) is 0 Å². The minimum Gasteiger partial charge on any atom is -0.315 e. The SMILES string of the molecule is C=C(C/C(=N\C)C1CNC1)C1CCC1. The molecular weight excluding hydrogens is 172 g/mol. The Bertz CT molecular complexity index is 247. The Morgan fingerprint density at radius 3 is 2.43 bits per heavy atom. The standard InChI is InChI=1S/C12H20N2/c1-9(10-4-3-5-10)6-12(13-2)11-7-14-8-11/h10-11,14H,1,3-8H2,2H3/b13-12+. The molecule has 2 nitrogen and oxygen atoms in total. The summed E-state index contributed by atoms with van der Waals surface area (Å²) in [5, 5.41) is 3.30. The number of nitrogens with zero attached hydrogens (tertiary/aromatic N) is 1. The molecule has 2 heteroatoms. The summed E-state index contributed by atoms with van der Waals surface area (Å²) >= 11 is 0. The topological polar surface area (TPSA) is 24.4 Å². The van der Waals surface area contributed by atoms with E-state index in [-0.39, 0.29) is 0 Å². The molecule has 0 aromatic heterocycles. The number of nitrogens with one attached hydrogen (secondary N) is 1. The van der Waals surface area contributed by atoms with E-state index in [0.717, 1.165) is 25.4 Å². The van der Waals surface area contributed by atoms with Gasteiger partial charge in [-0.1, -0.05) is 18.6 Å². The van der Waals surface area contributed by atoms with Crippen LogP contribution in [0.5, 0.6) is 0 Å². The van der Waals surface area contributed by atoms with Crippen LogP contribution in [0.15, 0.2) is 17.1 Å². The fourth-order valence-electron chi connectivity index (χ4n) is 2.12. The third-order valence-corrected chi connectivity index (χ3v) is 3.63. The Balaban J connectivity index is 1.84. The van der Waals surface area contributed by atoms with Crippen molar-refractivity contribution in [2.75, 3.05) is 20.1 Å². The molecule has 14 heavy (non-hydrogen) atoms. The lowest BCUT2D eigenvalue weighted by molar-refractivity contribution is 0.363. The molecule has 2 aliphatic rings. The van der Waals surface area contributed by atoms with Crippen LogP contribution in [0.4, 0.5) is 0 Å². The van der Waals surface area contributed by atoms with Gasteiger partial charge in [0.25, 0.3) is 0 Å². The van der Waals surface area contributed by atoms with Crippen LogP contribution in [0.2, 0.25) is 0 Å². The molecule has 1 heterocycles. The van der Waals surface area contributed by atoms with Gasteiger partial charge in [-0.05, 0) is 18.8 Å². The van der Waals surface area contributed by atoms with Crippen LogP contribution >= 0.6 is 0 Å². The summed E-state index contributed by atoms with van der Waals surface area (Å²) < 4.78 is 0. The van der Waals surface area contributed by atoms with E-state index in [9.17, 15) is 0 Å². The van der Waals surface area contributed by atoms with E-state index in [2.05, 4.69) is 16.9 Å². The van der Waals surface area contributed by atoms with Crippen molar-refractivity contribution < 1.29 is 0 Å². The van der Waals surface area contributed by atoms with Gasteiger partial charge >= 0.3 is 0 Å². The maximum Gasteiger partial charge on any atom is 0.0276 e. The Kier molecular flexibility index (Phi) is 3.02. The van der Waals surface area contributed by atoms with E-state index in [1.165, 1.54) is 30.5 Å². The Morgan fingerprint density at radius 1 is 1.36 bits per heavy atom. The number of allylic oxidation sites excluding steroid dienone is 1. The molecule has 1 N–H and O–H groups in total. The first kappa shape index (κ1) is 9.91. The van der Waals surface area contributed by atoms with Crippen molar-refractivity contribution in [3.05, 3.63) is 12.2 Å². The summed E-state index contributed by atoms with van der Waals surface area (Å²) in [7, 11) is 1.92. The lowest BCUT2D eigenvalue weighted by atomic mass is 9.77. The van der Waals surface area contributed by atoms with Crippen molar-refractivity contribution in [1.82, 2.24) is 5.32 Å². The third-order valence-electron chi connectivity index (χ3n) is 3.63. The average molecular weight is 192 g/mol. The van der Waals surface area contributed by atoms with Crippen molar-refractivity contribution in [2.24, 2.45) is 16.8 Å².